The van der Waals surface area contributed by atoms with Crippen LogP contribution in [0.2, 0.25) is 10.0 Å². The lowest BCUT2D eigenvalue weighted by Crippen LogP contribution is -2.40. The highest BCUT2D eigenvalue weighted by Crippen LogP contribution is 2.35. The van der Waals surface area contributed by atoms with Gasteiger partial charge in [0.05, 0.1) is 30.1 Å². The van der Waals surface area contributed by atoms with E-state index >= 15 is 0 Å². The molecule has 0 aliphatic rings. The Bertz CT molecular complexity index is 1440. The molecule has 2 N–H and O–H groups in total. The van der Waals surface area contributed by atoms with E-state index in [1.54, 1.807) is 50.6 Å². The highest BCUT2D eigenvalue weighted by Gasteiger charge is 2.19. The van der Waals surface area contributed by atoms with Crippen molar-refractivity contribution in [1.29, 1.82) is 0 Å². The minimum atomic E-state index is -0.522. The number of hydrogen-bond acceptors (Lipinski definition) is 5. The molecule has 11 heteroatoms. The number of urea groups is 1. The molecule has 0 unspecified atom stereocenters. The quantitative estimate of drug-likeness (QED) is 0.314. The van der Waals surface area contributed by atoms with Gasteiger partial charge < -0.3 is 29.4 Å². The van der Waals surface area contributed by atoms with Crippen molar-refractivity contribution in [3.63, 3.8) is 0 Å². The van der Waals surface area contributed by atoms with Gasteiger partial charge in [0, 0.05) is 35.7 Å². The minimum Gasteiger partial charge on any atom is -0.497 e. The first-order valence-electron chi connectivity index (χ1n) is 11.3. The van der Waals surface area contributed by atoms with E-state index in [-0.39, 0.29) is 24.1 Å². The molecule has 0 aliphatic heterocycles. The molecule has 0 aliphatic carbocycles. The first kappa shape index (κ1) is 26.1. The number of imidazole rings is 1. The second kappa shape index (κ2) is 11.4. The normalized spacial score (nSPS) is 10.7. The number of aromatic nitrogens is 2. The highest BCUT2D eigenvalue weighted by atomic mass is 35.5. The monoisotopic (exact) mass is 541 g/mol. The van der Waals surface area contributed by atoms with E-state index in [1.807, 2.05) is 35.9 Å². The molecule has 3 amide bonds. The summed E-state index contributed by atoms with van der Waals surface area (Å²) < 4.78 is 13.0. The van der Waals surface area contributed by atoms with E-state index in [4.69, 9.17) is 32.7 Å². The Morgan fingerprint density at radius 3 is 2.59 bits per heavy atom. The summed E-state index contributed by atoms with van der Waals surface area (Å²) in [6, 6.07) is 13.3. The number of carbonyl (C=O) groups excluding carboxylic acids is 2. The van der Waals surface area contributed by atoms with E-state index in [0.29, 0.717) is 39.1 Å². The molecule has 0 spiro atoms. The molecule has 192 valence electrons. The standard InChI is InChI=1S/C26H25Cl2N5O4/c1-16-14-33-12-4-5-22(25(33)30-16)37-15-19-20(27)10-11-21(24(19)28)32(2)23(34)13-29-26(35)31-17-6-8-18(36-3)9-7-17/h4-12,14H,13,15H2,1-3H3,(H2,29,31,35). The molecule has 9 nitrogen and oxygen atoms in total. The smallest absolute Gasteiger partial charge is 0.319 e. The van der Waals surface area contributed by atoms with Crippen molar-refractivity contribution in [3.8, 4) is 11.5 Å². The summed E-state index contributed by atoms with van der Waals surface area (Å²) in [7, 11) is 3.13. The number of hydrogen-bond donors (Lipinski definition) is 2. The maximum atomic E-state index is 12.8. The van der Waals surface area contributed by atoms with Crippen LogP contribution in [0.3, 0.4) is 0 Å². The molecule has 0 saturated heterocycles. The van der Waals surface area contributed by atoms with E-state index < -0.39 is 6.03 Å². The maximum absolute atomic E-state index is 12.8. The zero-order chi connectivity index (χ0) is 26.5. The first-order chi connectivity index (χ1) is 17.8. The van der Waals surface area contributed by atoms with Gasteiger partial charge >= 0.3 is 6.03 Å². The fourth-order valence-electron chi connectivity index (χ4n) is 3.61. The van der Waals surface area contributed by atoms with Crippen LogP contribution in [0.4, 0.5) is 16.2 Å². The number of ether oxygens (including phenoxy) is 2. The first-order valence-corrected chi connectivity index (χ1v) is 12.0. The van der Waals surface area contributed by atoms with Gasteiger partial charge in [0.2, 0.25) is 5.91 Å². The van der Waals surface area contributed by atoms with E-state index in [0.717, 1.165) is 5.69 Å². The van der Waals surface area contributed by atoms with Gasteiger partial charge in [0.25, 0.3) is 0 Å². The third-order valence-electron chi connectivity index (χ3n) is 5.59. The lowest BCUT2D eigenvalue weighted by atomic mass is 10.2. The fourth-order valence-corrected chi connectivity index (χ4v) is 4.21. The number of fused-ring (bicyclic) bond motifs is 1. The number of anilines is 2. The van der Waals surface area contributed by atoms with E-state index in [2.05, 4.69) is 15.6 Å². The zero-order valence-corrected chi connectivity index (χ0v) is 21.9. The summed E-state index contributed by atoms with van der Waals surface area (Å²) in [6.45, 7) is 1.73. The van der Waals surface area contributed by atoms with Crippen molar-refractivity contribution < 1.29 is 19.1 Å². The molecule has 37 heavy (non-hydrogen) atoms. The number of nitrogens with one attached hydrogen (secondary N) is 2. The van der Waals surface area contributed by atoms with Crippen LogP contribution in [-0.2, 0) is 11.4 Å². The molecule has 0 radical (unpaired) electrons. The summed E-state index contributed by atoms with van der Waals surface area (Å²) in [5.74, 6) is 0.865. The number of amides is 3. The van der Waals surface area contributed by atoms with Gasteiger partial charge in [-0.25, -0.2) is 9.78 Å². The lowest BCUT2D eigenvalue weighted by Gasteiger charge is -2.21. The second-order valence-electron chi connectivity index (χ2n) is 8.12. The Hall–Kier alpha value is -3.95. The predicted molar refractivity (Wildman–Crippen MR) is 144 cm³/mol. The van der Waals surface area contributed by atoms with E-state index in [9.17, 15) is 9.59 Å². The van der Waals surface area contributed by atoms with Crippen molar-refractivity contribution in [3.05, 3.63) is 82.2 Å². The van der Waals surface area contributed by atoms with Crippen LogP contribution >= 0.6 is 23.2 Å². The molecule has 0 atom stereocenters. The van der Waals surface area contributed by atoms with Gasteiger partial charge in [-0.3, -0.25) is 4.79 Å². The Morgan fingerprint density at radius 1 is 1.11 bits per heavy atom. The third-order valence-corrected chi connectivity index (χ3v) is 6.36. The number of likely N-dealkylation sites (N-methyl/N-ethyl adjacent to an activating group) is 1. The molecule has 2 aromatic heterocycles. The van der Waals surface area contributed by atoms with Gasteiger partial charge in [0.1, 0.15) is 12.4 Å². The Balaban J connectivity index is 1.40. The number of aryl methyl sites for hydroxylation is 1. The van der Waals surface area contributed by atoms with Crippen LogP contribution in [0.1, 0.15) is 11.3 Å². The number of benzene rings is 2. The van der Waals surface area contributed by atoms with Crippen LogP contribution in [0.15, 0.2) is 60.9 Å². The Labute approximate surface area is 223 Å². The molecule has 0 saturated carbocycles. The minimum absolute atomic E-state index is 0.0711. The molecule has 0 bridgehead atoms. The van der Waals surface area contributed by atoms with Gasteiger partial charge in [0.15, 0.2) is 11.4 Å². The number of rotatable bonds is 8. The second-order valence-corrected chi connectivity index (χ2v) is 8.91. The molecule has 4 aromatic rings. The molecular weight excluding hydrogens is 517 g/mol. The predicted octanol–water partition coefficient (Wildman–Crippen LogP) is 5.32. The number of pyridine rings is 1. The lowest BCUT2D eigenvalue weighted by molar-refractivity contribution is -0.117. The number of nitrogens with zero attached hydrogens (tertiary/aromatic N) is 3. The summed E-state index contributed by atoms with van der Waals surface area (Å²) in [6.07, 6.45) is 3.78. The number of halogens is 2. The van der Waals surface area contributed by atoms with Crippen LogP contribution in [0, 0.1) is 6.92 Å². The topological polar surface area (TPSA) is 97.2 Å². The van der Waals surface area contributed by atoms with Crippen molar-refractivity contribution in [2.45, 2.75) is 13.5 Å². The SMILES string of the molecule is COc1ccc(NC(=O)NCC(=O)N(C)c2ccc(Cl)c(COc3cccn4cc(C)nc34)c2Cl)cc1. The molecule has 0 fully saturated rings. The van der Waals surface area contributed by atoms with Gasteiger partial charge in [-0.15, -0.1) is 0 Å². The average molecular weight is 542 g/mol. The van der Waals surface area contributed by atoms with Crippen LogP contribution in [0.5, 0.6) is 11.5 Å². The van der Waals surface area contributed by atoms with Crippen molar-refractivity contribution in [2.24, 2.45) is 0 Å². The van der Waals surface area contributed by atoms with E-state index in [1.165, 1.54) is 4.90 Å². The summed E-state index contributed by atoms with van der Waals surface area (Å²) in [5.41, 5.74) is 3.05. The molecule has 2 heterocycles. The van der Waals surface area contributed by atoms with Gasteiger partial charge in [-0.1, -0.05) is 23.2 Å². The number of methoxy groups -OCH3 is 1. The summed E-state index contributed by atoms with van der Waals surface area (Å²) >= 11 is 13.1. The third kappa shape index (κ3) is 6.07. The van der Waals surface area contributed by atoms with Crippen LogP contribution in [-0.4, -0.2) is 42.0 Å². The number of carbonyl (C=O) groups is 2. The van der Waals surface area contributed by atoms with Gasteiger partial charge in [-0.2, -0.15) is 0 Å². The molecule has 2 aromatic carbocycles. The van der Waals surface area contributed by atoms with Crippen LogP contribution in [0.25, 0.3) is 5.65 Å². The highest BCUT2D eigenvalue weighted by molar-refractivity contribution is 6.38. The molecular formula is C26H25Cl2N5O4. The maximum Gasteiger partial charge on any atom is 0.319 e. The Morgan fingerprint density at radius 2 is 1.86 bits per heavy atom. The zero-order valence-electron chi connectivity index (χ0n) is 20.4. The largest absolute Gasteiger partial charge is 0.497 e. The van der Waals surface area contributed by atoms with Crippen LogP contribution < -0.4 is 25.0 Å². The Kier molecular flexibility index (Phi) is 8.05. The van der Waals surface area contributed by atoms with Gasteiger partial charge in [-0.05, 0) is 55.5 Å². The fraction of sp³-hybridized carbons (Fsp3) is 0.192. The van der Waals surface area contributed by atoms with Crippen molar-refractivity contribution in [2.75, 3.05) is 30.9 Å². The van der Waals surface area contributed by atoms with Crippen molar-refractivity contribution in [1.82, 2.24) is 14.7 Å². The molecule has 4 rings (SSSR count). The summed E-state index contributed by atoms with van der Waals surface area (Å²) in [4.78, 5) is 30.9. The summed E-state index contributed by atoms with van der Waals surface area (Å²) in [5, 5.41) is 5.88. The average Bonchev–Trinajstić information content (AvgIpc) is 3.28. The van der Waals surface area contributed by atoms with Crippen molar-refractivity contribution >= 4 is 52.2 Å².